The summed E-state index contributed by atoms with van der Waals surface area (Å²) in [5.74, 6) is 0.720. The zero-order valence-electron chi connectivity index (χ0n) is 6.55. The number of hydrogen-bond donors (Lipinski definition) is 0. The van der Waals surface area contributed by atoms with E-state index in [2.05, 4.69) is 18.6 Å². The van der Waals surface area contributed by atoms with Gasteiger partial charge in [-0.1, -0.05) is 29.3 Å². The van der Waals surface area contributed by atoms with Crippen LogP contribution in [-0.4, -0.2) is 0 Å². The molecule has 0 heterocycles. The minimum Gasteiger partial charge on any atom is -0.325 e. The summed E-state index contributed by atoms with van der Waals surface area (Å²) in [5, 5.41) is 0.824. The average molecular weight is 191 g/mol. The minimum atomic E-state index is 0. The smallest absolute Gasteiger partial charge is 0.325 e. The Kier molecular flexibility index (Phi) is 4.09. The van der Waals surface area contributed by atoms with E-state index < -0.39 is 0 Å². The van der Waals surface area contributed by atoms with Gasteiger partial charge in [0.15, 0.2) is 0 Å². The molecule has 1 aromatic rings. The Hall–Kier alpha value is 1.15. The number of rotatable bonds is 1. The van der Waals surface area contributed by atoms with Gasteiger partial charge in [0.25, 0.3) is 0 Å². The van der Waals surface area contributed by atoms with E-state index in [-0.39, 0.29) is 51.4 Å². The van der Waals surface area contributed by atoms with Gasteiger partial charge in [0, 0.05) is 5.02 Å². The van der Waals surface area contributed by atoms with E-state index >= 15 is 0 Å². The molecule has 1 aliphatic rings. The first-order valence-electron chi connectivity index (χ1n) is 3.45. The van der Waals surface area contributed by atoms with Crippen molar-refractivity contribution >= 4 is 11.6 Å². The quantitative estimate of drug-likeness (QED) is 0.433. The van der Waals surface area contributed by atoms with Crippen molar-refractivity contribution in [1.82, 2.24) is 0 Å². The SMILES string of the molecule is Clc1ccc([C@@H]2[CH-]C2)cc1.[K+]. The Morgan fingerprint density at radius 3 is 2.27 bits per heavy atom. The van der Waals surface area contributed by atoms with Crippen LogP contribution in [0, 0.1) is 6.42 Å². The molecule has 1 aromatic carbocycles. The second-order valence-corrected chi connectivity index (χ2v) is 3.07. The maximum Gasteiger partial charge on any atom is 1.00 e. The standard InChI is InChI=1S/C9H8Cl.K/c10-9-5-3-8(4-6-9)7-1-2-7;/h1,3-7H,2H2;/q-1;+1/t7-;/m1./s1. The van der Waals surface area contributed by atoms with Gasteiger partial charge in [-0.25, -0.2) is 0 Å². The predicted molar refractivity (Wildman–Crippen MR) is 43.1 cm³/mol. The molecule has 0 spiro atoms. The molecular formula is C9H8ClK. The van der Waals surface area contributed by atoms with E-state index in [1.807, 2.05) is 12.1 Å². The molecule has 52 valence electrons. The normalized spacial score (nSPS) is 20.6. The van der Waals surface area contributed by atoms with Crippen LogP contribution >= 0.6 is 11.6 Å². The van der Waals surface area contributed by atoms with Crippen LogP contribution in [0.5, 0.6) is 0 Å². The van der Waals surface area contributed by atoms with Gasteiger partial charge in [0.05, 0.1) is 0 Å². The summed E-state index contributed by atoms with van der Waals surface area (Å²) in [6, 6.07) is 8.08. The van der Waals surface area contributed by atoms with E-state index in [0.717, 1.165) is 10.9 Å². The molecular weight excluding hydrogens is 183 g/mol. The van der Waals surface area contributed by atoms with Gasteiger partial charge in [0.2, 0.25) is 0 Å². The van der Waals surface area contributed by atoms with Gasteiger partial charge < -0.3 is 6.42 Å². The third kappa shape index (κ3) is 2.83. The number of benzene rings is 1. The van der Waals surface area contributed by atoms with Crippen molar-refractivity contribution in [3.63, 3.8) is 0 Å². The maximum atomic E-state index is 5.73. The summed E-state index contributed by atoms with van der Waals surface area (Å²) < 4.78 is 0. The molecule has 0 aliphatic heterocycles. The van der Waals surface area contributed by atoms with Crippen molar-refractivity contribution in [3.05, 3.63) is 41.3 Å². The third-order valence-corrected chi connectivity index (χ3v) is 2.02. The molecule has 0 aromatic heterocycles. The zero-order chi connectivity index (χ0) is 6.97. The molecule has 0 nitrogen and oxygen atoms in total. The van der Waals surface area contributed by atoms with Crippen LogP contribution in [0.2, 0.25) is 5.02 Å². The van der Waals surface area contributed by atoms with Gasteiger partial charge in [-0.2, -0.15) is 12.3 Å². The molecule has 0 amide bonds. The monoisotopic (exact) mass is 190 g/mol. The fourth-order valence-corrected chi connectivity index (χ4v) is 1.18. The molecule has 0 N–H and O–H groups in total. The molecule has 0 unspecified atom stereocenters. The van der Waals surface area contributed by atoms with Crippen LogP contribution < -0.4 is 51.4 Å². The largest absolute Gasteiger partial charge is 1.00 e. The predicted octanol–water partition coefficient (Wildman–Crippen LogP) is 0.0356. The van der Waals surface area contributed by atoms with Crippen LogP contribution in [0.1, 0.15) is 17.9 Å². The van der Waals surface area contributed by atoms with E-state index in [1.54, 1.807) is 0 Å². The van der Waals surface area contributed by atoms with Crippen molar-refractivity contribution in [2.24, 2.45) is 0 Å². The summed E-state index contributed by atoms with van der Waals surface area (Å²) in [6.45, 7) is 0. The van der Waals surface area contributed by atoms with Crippen LogP contribution in [-0.2, 0) is 0 Å². The minimum absolute atomic E-state index is 0. The topological polar surface area (TPSA) is 0 Å². The summed E-state index contributed by atoms with van der Waals surface area (Å²) >= 11 is 5.73. The molecule has 2 heteroatoms. The summed E-state index contributed by atoms with van der Waals surface area (Å²) in [7, 11) is 0. The average Bonchev–Trinajstić information content (AvgIpc) is 2.71. The molecule has 1 aliphatic carbocycles. The molecule has 1 atom stereocenters. The van der Waals surface area contributed by atoms with Crippen LogP contribution in [0.3, 0.4) is 0 Å². The Morgan fingerprint density at radius 1 is 1.27 bits per heavy atom. The molecule has 1 saturated carbocycles. The summed E-state index contributed by atoms with van der Waals surface area (Å²) in [4.78, 5) is 0. The molecule has 0 bridgehead atoms. The van der Waals surface area contributed by atoms with Gasteiger partial charge >= 0.3 is 51.4 Å². The fraction of sp³-hybridized carbons (Fsp3) is 0.222. The van der Waals surface area contributed by atoms with E-state index in [4.69, 9.17) is 11.6 Å². The molecule has 0 saturated heterocycles. The van der Waals surface area contributed by atoms with Crippen molar-refractivity contribution in [2.45, 2.75) is 12.3 Å². The Bertz CT molecular complexity index is 226. The molecule has 2 rings (SSSR count). The molecule has 11 heavy (non-hydrogen) atoms. The van der Waals surface area contributed by atoms with Crippen LogP contribution in [0.4, 0.5) is 0 Å². The second-order valence-electron chi connectivity index (χ2n) is 2.63. The zero-order valence-corrected chi connectivity index (χ0v) is 10.4. The Morgan fingerprint density at radius 2 is 1.82 bits per heavy atom. The van der Waals surface area contributed by atoms with Gasteiger partial charge in [-0.15, -0.1) is 0 Å². The van der Waals surface area contributed by atoms with E-state index in [9.17, 15) is 0 Å². The second kappa shape index (κ2) is 4.40. The molecule has 1 fully saturated rings. The third-order valence-electron chi connectivity index (χ3n) is 1.77. The Labute approximate surface area is 115 Å². The van der Waals surface area contributed by atoms with Crippen molar-refractivity contribution in [3.8, 4) is 0 Å². The molecule has 0 radical (unpaired) electrons. The van der Waals surface area contributed by atoms with Gasteiger partial charge in [0.1, 0.15) is 0 Å². The van der Waals surface area contributed by atoms with Crippen molar-refractivity contribution in [2.75, 3.05) is 0 Å². The number of halogens is 1. The fourth-order valence-electron chi connectivity index (χ4n) is 1.05. The first-order chi connectivity index (χ1) is 4.86. The van der Waals surface area contributed by atoms with Gasteiger partial charge in [-0.3, -0.25) is 0 Å². The first-order valence-corrected chi connectivity index (χ1v) is 3.83. The van der Waals surface area contributed by atoms with Crippen LogP contribution in [0.25, 0.3) is 0 Å². The maximum absolute atomic E-state index is 5.73. The summed E-state index contributed by atoms with van der Waals surface area (Å²) in [6.07, 6.45) is 3.53. The van der Waals surface area contributed by atoms with Gasteiger partial charge in [-0.05, 0) is 12.1 Å². The Balaban J connectivity index is 0.000000605. The van der Waals surface area contributed by atoms with Crippen LogP contribution in [0.15, 0.2) is 24.3 Å². The van der Waals surface area contributed by atoms with Crippen molar-refractivity contribution < 1.29 is 51.4 Å². The van der Waals surface area contributed by atoms with Crippen molar-refractivity contribution in [1.29, 1.82) is 0 Å². The van der Waals surface area contributed by atoms with E-state index in [0.29, 0.717) is 0 Å². The first kappa shape index (κ1) is 10.2. The number of hydrogen-bond acceptors (Lipinski definition) is 0. The van der Waals surface area contributed by atoms with E-state index in [1.165, 1.54) is 12.0 Å². The summed E-state index contributed by atoms with van der Waals surface area (Å²) in [5.41, 5.74) is 1.39.